The molecule has 0 atom stereocenters. The molecule has 1 rings (SSSR count). The molecule has 104 valence electrons. The highest BCUT2D eigenvalue weighted by Crippen LogP contribution is 2.28. The molecule has 1 amide bonds. The number of anilines is 1. The number of amides is 1. The van der Waals surface area contributed by atoms with Crippen molar-refractivity contribution >= 4 is 18.1 Å². The molecule has 0 aromatic heterocycles. The van der Waals surface area contributed by atoms with Gasteiger partial charge in [0.2, 0.25) is 0 Å². The molecule has 1 N–H and O–H groups in total. The minimum atomic E-state index is -0.591. The van der Waals surface area contributed by atoms with Crippen molar-refractivity contribution in [2.45, 2.75) is 33.3 Å². The van der Waals surface area contributed by atoms with Crippen molar-refractivity contribution in [1.82, 2.24) is 0 Å². The van der Waals surface area contributed by atoms with Crippen LogP contribution in [0.2, 0.25) is 0 Å². The average Bonchev–Trinajstić information content (AvgIpc) is 2.28. The number of nitrogens with one attached hydrogen (secondary N) is 1. The summed E-state index contributed by atoms with van der Waals surface area (Å²) < 4.78 is 10.3. The van der Waals surface area contributed by atoms with E-state index in [4.69, 9.17) is 9.47 Å². The highest BCUT2D eigenvalue weighted by atomic mass is 16.6. The molecule has 0 aliphatic rings. The van der Waals surface area contributed by atoms with Gasteiger partial charge >= 0.3 is 6.09 Å². The van der Waals surface area contributed by atoms with Crippen molar-refractivity contribution in [3.05, 3.63) is 23.3 Å². The lowest BCUT2D eigenvalue weighted by Gasteiger charge is -2.20. The molecular weight excluding hydrogens is 246 g/mol. The molecule has 0 saturated carbocycles. The second kappa shape index (κ2) is 5.73. The number of methoxy groups -OCH3 is 1. The third kappa shape index (κ3) is 4.28. The largest absolute Gasteiger partial charge is 0.495 e. The number of aldehydes is 1. The third-order valence-corrected chi connectivity index (χ3v) is 2.35. The lowest BCUT2D eigenvalue weighted by Crippen LogP contribution is -2.27. The molecule has 0 heterocycles. The van der Waals surface area contributed by atoms with E-state index >= 15 is 0 Å². The summed E-state index contributed by atoms with van der Waals surface area (Å²) in [6, 6.07) is 3.25. The summed E-state index contributed by atoms with van der Waals surface area (Å²) in [4.78, 5) is 22.6. The minimum absolute atomic E-state index is 0.407. The normalized spacial score (nSPS) is 10.8. The standard InChI is InChI=1S/C14H19NO4/c1-9-6-12(18-5)11(7-10(9)8-16)15-13(17)19-14(2,3)4/h6-8H,1-5H3,(H,15,17). The van der Waals surface area contributed by atoms with Gasteiger partial charge in [0, 0.05) is 5.56 Å². The molecule has 0 radical (unpaired) electrons. The molecule has 0 unspecified atom stereocenters. The topological polar surface area (TPSA) is 64.6 Å². The Morgan fingerprint density at radius 1 is 1.32 bits per heavy atom. The predicted molar refractivity (Wildman–Crippen MR) is 73.0 cm³/mol. The molecular formula is C14H19NO4. The van der Waals surface area contributed by atoms with E-state index in [1.807, 2.05) is 0 Å². The van der Waals surface area contributed by atoms with Crippen molar-refractivity contribution < 1.29 is 19.1 Å². The van der Waals surface area contributed by atoms with Crippen LogP contribution in [-0.4, -0.2) is 25.1 Å². The van der Waals surface area contributed by atoms with E-state index < -0.39 is 11.7 Å². The number of benzene rings is 1. The number of aryl methyl sites for hydroxylation is 1. The van der Waals surface area contributed by atoms with Crippen LogP contribution in [0.3, 0.4) is 0 Å². The summed E-state index contributed by atoms with van der Waals surface area (Å²) >= 11 is 0. The number of carbonyl (C=O) groups is 2. The second-order valence-electron chi connectivity index (χ2n) is 5.15. The lowest BCUT2D eigenvalue weighted by atomic mass is 10.1. The molecule has 0 bridgehead atoms. The van der Waals surface area contributed by atoms with Crippen LogP contribution in [0.4, 0.5) is 10.5 Å². The van der Waals surface area contributed by atoms with E-state index in [1.165, 1.54) is 7.11 Å². The molecule has 5 heteroatoms. The highest BCUT2D eigenvalue weighted by Gasteiger charge is 2.18. The maximum absolute atomic E-state index is 11.7. The Morgan fingerprint density at radius 3 is 2.42 bits per heavy atom. The number of carbonyl (C=O) groups excluding carboxylic acids is 2. The van der Waals surface area contributed by atoms with Gasteiger partial charge < -0.3 is 9.47 Å². The van der Waals surface area contributed by atoms with Crippen LogP contribution in [0.25, 0.3) is 0 Å². The third-order valence-electron chi connectivity index (χ3n) is 2.35. The number of hydrogen-bond acceptors (Lipinski definition) is 4. The lowest BCUT2D eigenvalue weighted by molar-refractivity contribution is 0.0635. The molecule has 0 fully saturated rings. The second-order valence-corrected chi connectivity index (χ2v) is 5.15. The molecule has 1 aromatic carbocycles. The quantitative estimate of drug-likeness (QED) is 0.852. The van der Waals surface area contributed by atoms with Gasteiger partial charge in [-0.1, -0.05) is 0 Å². The fourth-order valence-corrected chi connectivity index (χ4v) is 1.51. The van der Waals surface area contributed by atoms with Crippen LogP contribution in [0, 0.1) is 6.92 Å². The molecule has 0 aliphatic heterocycles. The Balaban J connectivity index is 2.99. The zero-order valence-corrected chi connectivity index (χ0v) is 11.9. The van der Waals surface area contributed by atoms with Gasteiger partial charge in [-0.2, -0.15) is 0 Å². The van der Waals surface area contributed by atoms with Gasteiger partial charge in [0.05, 0.1) is 12.8 Å². The molecule has 5 nitrogen and oxygen atoms in total. The number of ether oxygens (including phenoxy) is 2. The van der Waals surface area contributed by atoms with Gasteiger partial charge in [0.25, 0.3) is 0 Å². The van der Waals surface area contributed by atoms with E-state index in [-0.39, 0.29) is 0 Å². The fourth-order valence-electron chi connectivity index (χ4n) is 1.51. The van der Waals surface area contributed by atoms with E-state index in [1.54, 1.807) is 39.8 Å². The van der Waals surface area contributed by atoms with Crippen molar-refractivity contribution in [2.24, 2.45) is 0 Å². The monoisotopic (exact) mass is 265 g/mol. The smallest absolute Gasteiger partial charge is 0.412 e. The first-order valence-electron chi connectivity index (χ1n) is 5.90. The molecule has 0 aliphatic carbocycles. The maximum atomic E-state index is 11.7. The number of rotatable bonds is 3. The fraction of sp³-hybridized carbons (Fsp3) is 0.429. The van der Waals surface area contributed by atoms with Gasteiger partial charge in [-0.05, 0) is 45.4 Å². The maximum Gasteiger partial charge on any atom is 0.412 e. The summed E-state index contributed by atoms with van der Waals surface area (Å²) in [5.41, 5.74) is 1.09. The first-order chi connectivity index (χ1) is 8.76. The van der Waals surface area contributed by atoms with Gasteiger partial charge in [-0.25, -0.2) is 4.79 Å². The van der Waals surface area contributed by atoms with E-state index in [2.05, 4.69) is 5.32 Å². The van der Waals surface area contributed by atoms with Crippen molar-refractivity contribution in [3.63, 3.8) is 0 Å². The summed E-state index contributed by atoms with van der Waals surface area (Å²) in [5, 5.41) is 2.57. The Kier molecular flexibility index (Phi) is 4.53. The van der Waals surface area contributed by atoms with Crippen LogP contribution >= 0.6 is 0 Å². The van der Waals surface area contributed by atoms with Gasteiger partial charge in [-0.15, -0.1) is 0 Å². The Labute approximate surface area is 112 Å². The van der Waals surface area contributed by atoms with Crippen molar-refractivity contribution in [2.75, 3.05) is 12.4 Å². The summed E-state index contributed by atoms with van der Waals surface area (Å²) in [6.45, 7) is 7.12. The van der Waals surface area contributed by atoms with Crippen LogP contribution in [-0.2, 0) is 4.74 Å². The van der Waals surface area contributed by atoms with Crippen LogP contribution < -0.4 is 10.1 Å². The highest BCUT2D eigenvalue weighted by molar-refractivity contribution is 5.90. The molecule has 0 saturated heterocycles. The first kappa shape index (κ1) is 15.0. The molecule has 1 aromatic rings. The van der Waals surface area contributed by atoms with Crippen LogP contribution in [0.5, 0.6) is 5.75 Å². The van der Waals surface area contributed by atoms with Crippen molar-refractivity contribution in [3.8, 4) is 5.75 Å². The molecule has 0 spiro atoms. The van der Waals surface area contributed by atoms with E-state index in [0.29, 0.717) is 17.0 Å². The van der Waals surface area contributed by atoms with Gasteiger partial charge in [0.15, 0.2) is 0 Å². The van der Waals surface area contributed by atoms with Gasteiger partial charge in [0.1, 0.15) is 17.6 Å². The van der Waals surface area contributed by atoms with Crippen molar-refractivity contribution in [1.29, 1.82) is 0 Å². The first-order valence-corrected chi connectivity index (χ1v) is 5.90. The van der Waals surface area contributed by atoms with Crippen LogP contribution in [0.15, 0.2) is 12.1 Å². The zero-order valence-electron chi connectivity index (χ0n) is 11.9. The Bertz CT molecular complexity index is 489. The van der Waals surface area contributed by atoms with E-state index in [0.717, 1.165) is 11.8 Å². The molecule has 19 heavy (non-hydrogen) atoms. The van der Waals surface area contributed by atoms with E-state index in [9.17, 15) is 9.59 Å². The zero-order chi connectivity index (χ0) is 14.6. The summed E-state index contributed by atoms with van der Waals surface area (Å²) in [7, 11) is 1.50. The Hall–Kier alpha value is -2.04. The summed E-state index contributed by atoms with van der Waals surface area (Å²) in [5.74, 6) is 0.481. The van der Waals surface area contributed by atoms with Gasteiger partial charge in [-0.3, -0.25) is 10.1 Å². The van der Waals surface area contributed by atoms with Crippen LogP contribution in [0.1, 0.15) is 36.7 Å². The minimum Gasteiger partial charge on any atom is -0.495 e. The summed E-state index contributed by atoms with van der Waals surface area (Å²) in [6.07, 6.45) is 0.140. The SMILES string of the molecule is COc1cc(C)c(C=O)cc1NC(=O)OC(C)(C)C. The average molecular weight is 265 g/mol. The Morgan fingerprint density at radius 2 is 1.95 bits per heavy atom. The number of hydrogen-bond donors (Lipinski definition) is 1. The predicted octanol–water partition coefficient (Wildman–Crippen LogP) is 3.16.